The normalized spacial score (nSPS) is 19.7. The third-order valence-electron chi connectivity index (χ3n) is 6.43. The molecule has 0 aromatic heterocycles. The molecule has 1 aliphatic carbocycles. The van der Waals surface area contributed by atoms with Crippen molar-refractivity contribution < 1.29 is 23.9 Å². The van der Waals surface area contributed by atoms with Gasteiger partial charge < -0.3 is 14.4 Å². The van der Waals surface area contributed by atoms with Crippen LogP contribution in [0, 0.1) is 11.8 Å². The van der Waals surface area contributed by atoms with E-state index in [9.17, 15) is 14.4 Å². The van der Waals surface area contributed by atoms with E-state index in [1.807, 2.05) is 33.8 Å². The van der Waals surface area contributed by atoms with E-state index in [1.165, 1.54) is 0 Å². The van der Waals surface area contributed by atoms with Gasteiger partial charge in [0.1, 0.15) is 11.2 Å². The number of nitrogens with zero attached hydrogens (tertiary/aromatic N) is 1. The van der Waals surface area contributed by atoms with Crippen LogP contribution in [-0.2, 0) is 23.9 Å². The first-order chi connectivity index (χ1) is 14.9. The Morgan fingerprint density at radius 3 is 1.67 bits per heavy atom. The molecule has 7 heteroatoms. The number of amides is 1. The Morgan fingerprint density at radius 2 is 1.30 bits per heavy atom. The molecule has 1 rings (SSSR count). The summed E-state index contributed by atoms with van der Waals surface area (Å²) in [5, 5.41) is 0.864. The Kier molecular flexibility index (Phi) is 9.34. The fourth-order valence-corrected chi connectivity index (χ4v) is 8.42. The lowest BCUT2D eigenvalue weighted by Gasteiger charge is -2.40. The summed E-state index contributed by atoms with van der Waals surface area (Å²) in [6.45, 7) is 19.1. The molecule has 33 heavy (non-hydrogen) atoms. The molecule has 1 aliphatic rings. The molecule has 0 unspecified atom stereocenters. The first kappa shape index (κ1) is 29.1. The largest absolute Gasteiger partial charge is 0.457 e. The number of carbonyl (C=O) groups is 3. The molecule has 0 aliphatic heterocycles. The SMILES string of the molecule is CC[Si](CC)(CC)C1=C[C@H](C(=O)N(C)C)[C@@H](C)C(C(=O)OC(C)(C)C)=C1C(=O)OC(C)(C)C. The second kappa shape index (κ2) is 10.6. The molecular weight excluding hydrogens is 434 g/mol. The molecule has 0 spiro atoms. The molecule has 0 aromatic rings. The van der Waals surface area contributed by atoms with Crippen molar-refractivity contribution in [3.05, 3.63) is 22.4 Å². The highest BCUT2D eigenvalue weighted by Crippen LogP contribution is 2.44. The third kappa shape index (κ3) is 6.81. The molecule has 0 radical (unpaired) electrons. The fraction of sp³-hybridized carbons (Fsp3) is 0.731. The van der Waals surface area contributed by atoms with Gasteiger partial charge in [0.2, 0.25) is 5.91 Å². The molecular formula is C26H45NO5Si. The van der Waals surface area contributed by atoms with Gasteiger partial charge in [0.05, 0.1) is 25.1 Å². The maximum absolute atomic E-state index is 13.7. The van der Waals surface area contributed by atoms with Gasteiger partial charge in [0.25, 0.3) is 0 Å². The molecule has 0 N–H and O–H groups in total. The van der Waals surface area contributed by atoms with Gasteiger partial charge in [0.15, 0.2) is 0 Å². The Morgan fingerprint density at radius 1 is 0.879 bits per heavy atom. The quantitative estimate of drug-likeness (QED) is 0.366. The summed E-state index contributed by atoms with van der Waals surface area (Å²) in [5.41, 5.74) is -0.862. The lowest BCUT2D eigenvalue weighted by molar-refractivity contribution is -0.154. The van der Waals surface area contributed by atoms with Crippen molar-refractivity contribution in [3.8, 4) is 0 Å². The van der Waals surface area contributed by atoms with Gasteiger partial charge in [-0.05, 0) is 46.7 Å². The Balaban J connectivity index is 4.01. The summed E-state index contributed by atoms with van der Waals surface area (Å²) in [7, 11) is 1.24. The standard InChI is InChI=1S/C26H45NO5Si/c1-13-33(14-2,15-3)19-16-18(22(28)27(11)12)17(4)20(23(29)31-25(5,6)7)21(19)24(30)32-26(8,9)10/h16-18H,13-15H2,1-12H3/t17-,18+/m1/s1. The zero-order chi connectivity index (χ0) is 25.9. The molecule has 1 amide bonds. The van der Waals surface area contributed by atoms with Crippen LogP contribution in [0.15, 0.2) is 22.4 Å². The summed E-state index contributed by atoms with van der Waals surface area (Å²) in [6, 6.07) is 2.70. The van der Waals surface area contributed by atoms with E-state index in [-0.39, 0.29) is 11.5 Å². The number of hydrogen-bond acceptors (Lipinski definition) is 5. The van der Waals surface area contributed by atoms with Crippen LogP contribution in [0.3, 0.4) is 0 Å². The maximum Gasteiger partial charge on any atom is 0.339 e. The molecule has 0 fully saturated rings. The highest BCUT2D eigenvalue weighted by molar-refractivity contribution is 6.87. The topological polar surface area (TPSA) is 72.9 Å². The second-order valence-corrected chi connectivity index (χ2v) is 16.5. The predicted molar refractivity (Wildman–Crippen MR) is 135 cm³/mol. The van der Waals surface area contributed by atoms with E-state index in [4.69, 9.17) is 9.47 Å². The maximum atomic E-state index is 13.7. The van der Waals surface area contributed by atoms with Crippen molar-refractivity contribution in [2.45, 2.75) is 98.6 Å². The van der Waals surface area contributed by atoms with E-state index in [0.717, 1.165) is 23.3 Å². The monoisotopic (exact) mass is 479 g/mol. The van der Waals surface area contributed by atoms with Gasteiger partial charge in [-0.2, -0.15) is 0 Å². The van der Waals surface area contributed by atoms with Gasteiger partial charge in [0, 0.05) is 20.0 Å². The van der Waals surface area contributed by atoms with Crippen molar-refractivity contribution in [2.24, 2.45) is 11.8 Å². The van der Waals surface area contributed by atoms with Crippen LogP contribution in [0.4, 0.5) is 0 Å². The summed E-state index contributed by atoms with van der Waals surface area (Å²) >= 11 is 0. The number of rotatable bonds is 7. The Bertz CT molecular complexity index is 814. The van der Waals surface area contributed by atoms with E-state index in [2.05, 4.69) is 20.8 Å². The van der Waals surface area contributed by atoms with Crippen molar-refractivity contribution in [2.75, 3.05) is 14.1 Å². The van der Waals surface area contributed by atoms with E-state index in [1.54, 1.807) is 39.8 Å². The van der Waals surface area contributed by atoms with Crippen LogP contribution in [0.1, 0.15) is 69.2 Å². The fourth-order valence-electron chi connectivity index (χ4n) is 4.48. The molecule has 0 heterocycles. The predicted octanol–water partition coefficient (Wildman–Crippen LogP) is 5.29. The lowest BCUT2D eigenvalue weighted by Crippen LogP contribution is -2.45. The Hall–Kier alpha value is -1.89. The summed E-state index contributed by atoms with van der Waals surface area (Å²) in [4.78, 5) is 42.0. The highest BCUT2D eigenvalue weighted by Gasteiger charge is 2.47. The minimum atomic E-state index is -2.19. The van der Waals surface area contributed by atoms with Crippen LogP contribution in [0.5, 0.6) is 0 Å². The van der Waals surface area contributed by atoms with Gasteiger partial charge in [-0.25, -0.2) is 9.59 Å². The summed E-state index contributed by atoms with van der Waals surface area (Å²) < 4.78 is 11.6. The minimum absolute atomic E-state index is 0.0875. The van der Waals surface area contributed by atoms with Crippen molar-refractivity contribution in [1.82, 2.24) is 4.90 Å². The molecule has 188 valence electrons. The van der Waals surface area contributed by atoms with Gasteiger partial charge in [-0.1, -0.05) is 51.9 Å². The molecule has 0 saturated carbocycles. The van der Waals surface area contributed by atoms with Gasteiger partial charge >= 0.3 is 11.9 Å². The molecule has 0 aromatic carbocycles. The summed E-state index contributed by atoms with van der Waals surface area (Å²) in [5.74, 6) is -2.21. The van der Waals surface area contributed by atoms with E-state index >= 15 is 0 Å². The smallest absolute Gasteiger partial charge is 0.339 e. The van der Waals surface area contributed by atoms with Crippen LogP contribution >= 0.6 is 0 Å². The third-order valence-corrected chi connectivity index (χ3v) is 12.0. The van der Waals surface area contributed by atoms with Crippen LogP contribution < -0.4 is 0 Å². The number of hydrogen-bond donors (Lipinski definition) is 0. The first-order valence-electron chi connectivity index (χ1n) is 12.1. The second-order valence-electron chi connectivity index (χ2n) is 11.3. The molecule has 6 nitrogen and oxygen atoms in total. The first-order valence-corrected chi connectivity index (χ1v) is 14.7. The minimum Gasteiger partial charge on any atom is -0.457 e. The lowest BCUT2D eigenvalue weighted by atomic mass is 9.79. The van der Waals surface area contributed by atoms with E-state index in [0.29, 0.717) is 5.57 Å². The number of carbonyl (C=O) groups excluding carboxylic acids is 3. The highest BCUT2D eigenvalue weighted by atomic mass is 28.3. The zero-order valence-electron chi connectivity index (χ0n) is 22.8. The van der Waals surface area contributed by atoms with Crippen molar-refractivity contribution in [1.29, 1.82) is 0 Å². The summed E-state index contributed by atoms with van der Waals surface area (Å²) in [6.07, 6.45) is 1.98. The van der Waals surface area contributed by atoms with Crippen LogP contribution in [0.2, 0.25) is 18.1 Å². The van der Waals surface area contributed by atoms with E-state index < -0.39 is 43.1 Å². The van der Waals surface area contributed by atoms with Crippen LogP contribution in [-0.4, -0.2) is 56.1 Å². The molecule has 0 saturated heterocycles. The van der Waals surface area contributed by atoms with Gasteiger partial charge in [-0.3, -0.25) is 4.79 Å². The average molecular weight is 480 g/mol. The van der Waals surface area contributed by atoms with Gasteiger partial charge in [-0.15, -0.1) is 0 Å². The van der Waals surface area contributed by atoms with Crippen molar-refractivity contribution >= 4 is 25.9 Å². The Labute approximate surface area is 201 Å². The van der Waals surface area contributed by atoms with Crippen LogP contribution in [0.25, 0.3) is 0 Å². The number of ether oxygens (including phenoxy) is 2. The average Bonchev–Trinajstić information content (AvgIpc) is 2.66. The van der Waals surface area contributed by atoms with Crippen molar-refractivity contribution in [3.63, 3.8) is 0 Å². The molecule has 2 atom stereocenters. The molecule has 0 bridgehead atoms. The zero-order valence-corrected chi connectivity index (χ0v) is 23.8. The number of esters is 2.